The maximum atomic E-state index is 13.4. The molecule has 1 fully saturated rings. The fourth-order valence-electron chi connectivity index (χ4n) is 4.38. The van der Waals surface area contributed by atoms with Gasteiger partial charge >= 0.3 is 5.97 Å². The van der Waals surface area contributed by atoms with Crippen molar-refractivity contribution in [1.29, 1.82) is 0 Å². The highest BCUT2D eigenvalue weighted by Crippen LogP contribution is 2.45. The molecule has 1 N–H and O–H groups in total. The van der Waals surface area contributed by atoms with Gasteiger partial charge < -0.3 is 19.7 Å². The lowest BCUT2D eigenvalue weighted by atomic mass is 9.92. The van der Waals surface area contributed by atoms with Crippen LogP contribution in [0.5, 0.6) is 0 Å². The van der Waals surface area contributed by atoms with Gasteiger partial charge in [0.15, 0.2) is 5.17 Å². The first-order valence-corrected chi connectivity index (χ1v) is 12.6. The third-order valence-corrected chi connectivity index (χ3v) is 6.76. The molecular weight excluding hydrogens is 450 g/mol. The summed E-state index contributed by atoms with van der Waals surface area (Å²) in [7, 11) is 0. The number of nitrogens with one attached hydrogen (secondary N) is 1. The lowest BCUT2D eigenvalue weighted by Crippen LogP contribution is -2.39. The molecule has 1 saturated heterocycles. The van der Waals surface area contributed by atoms with Crippen molar-refractivity contribution in [3.63, 3.8) is 0 Å². The second kappa shape index (κ2) is 9.96. The van der Waals surface area contributed by atoms with E-state index in [1.165, 1.54) is 11.8 Å². The zero-order valence-corrected chi connectivity index (χ0v) is 21.3. The third-order valence-electron chi connectivity index (χ3n) is 5.87. The average Bonchev–Trinajstić information content (AvgIpc) is 3.40. The predicted molar refractivity (Wildman–Crippen MR) is 134 cm³/mol. The van der Waals surface area contributed by atoms with E-state index >= 15 is 0 Å². The smallest absolute Gasteiger partial charge is 0.338 e. The van der Waals surface area contributed by atoms with Crippen molar-refractivity contribution >= 4 is 28.8 Å². The molecule has 182 valence electrons. The normalized spacial score (nSPS) is 22.3. The van der Waals surface area contributed by atoms with Crippen LogP contribution in [0.15, 0.2) is 51.6 Å². The van der Waals surface area contributed by atoms with Crippen LogP contribution < -0.4 is 5.32 Å². The van der Waals surface area contributed by atoms with Crippen LogP contribution >= 0.6 is 11.8 Å². The summed E-state index contributed by atoms with van der Waals surface area (Å²) in [4.78, 5) is 32.9. The zero-order valence-electron chi connectivity index (χ0n) is 20.5. The second-order valence-electron chi connectivity index (χ2n) is 9.92. The van der Waals surface area contributed by atoms with Crippen LogP contribution in [0.2, 0.25) is 0 Å². The Morgan fingerprint density at radius 1 is 1.29 bits per heavy atom. The Morgan fingerprint density at radius 3 is 2.76 bits per heavy atom. The highest BCUT2D eigenvalue weighted by atomic mass is 32.2. The van der Waals surface area contributed by atoms with Crippen molar-refractivity contribution < 1.29 is 19.1 Å². The molecule has 0 saturated carbocycles. The summed E-state index contributed by atoms with van der Waals surface area (Å²) in [6, 6.07) is 7.67. The van der Waals surface area contributed by atoms with Gasteiger partial charge in [-0.2, -0.15) is 0 Å². The molecule has 2 unspecified atom stereocenters. The predicted octanol–water partition coefficient (Wildman–Crippen LogP) is 4.60. The number of rotatable bonds is 6. The minimum absolute atomic E-state index is 0.0725. The van der Waals surface area contributed by atoms with Gasteiger partial charge in [0.25, 0.3) is 0 Å². The first-order valence-electron chi connectivity index (χ1n) is 11.7. The molecule has 0 radical (unpaired) electrons. The highest BCUT2D eigenvalue weighted by Gasteiger charge is 2.42. The van der Waals surface area contributed by atoms with E-state index in [9.17, 15) is 9.59 Å². The number of amides is 1. The Kier molecular flexibility index (Phi) is 7.19. The summed E-state index contributed by atoms with van der Waals surface area (Å²) in [5.41, 5.74) is 3.37. The van der Waals surface area contributed by atoms with Crippen LogP contribution in [0.1, 0.15) is 64.1 Å². The molecule has 0 aliphatic carbocycles. The molecule has 3 heterocycles. The van der Waals surface area contributed by atoms with E-state index in [1.807, 2.05) is 63.1 Å². The van der Waals surface area contributed by atoms with E-state index in [-0.39, 0.29) is 18.4 Å². The van der Waals surface area contributed by atoms with Gasteiger partial charge in [0.1, 0.15) is 5.60 Å². The van der Waals surface area contributed by atoms with Crippen molar-refractivity contribution in [2.45, 2.75) is 71.6 Å². The van der Waals surface area contributed by atoms with E-state index in [2.05, 4.69) is 11.4 Å². The largest absolute Gasteiger partial charge is 0.456 e. The van der Waals surface area contributed by atoms with Crippen LogP contribution in [-0.4, -0.2) is 46.8 Å². The number of esters is 1. The van der Waals surface area contributed by atoms with Gasteiger partial charge in [-0.15, -0.1) is 0 Å². The topological polar surface area (TPSA) is 80.2 Å². The molecule has 4 rings (SSSR count). The number of thioether (sulfide) groups is 1. The number of fused-ring (bicyclic) bond motifs is 1. The Balaban J connectivity index is 1.62. The van der Waals surface area contributed by atoms with Crippen molar-refractivity contribution in [1.82, 2.24) is 10.2 Å². The van der Waals surface area contributed by atoms with E-state index in [4.69, 9.17) is 14.5 Å². The lowest BCUT2D eigenvalue weighted by molar-refractivity contribution is -0.150. The standard InChI is InChI=1S/C26H33N3O4S/c1-16-8-6-9-18(12-16)23-22(24(31)33-26(3,4)5)17(2)28-25-29(23)19(15-34-25)13-21(30)27-14-20-10-7-11-32-20/h6,8-9,12,15,20,23H,7,10-11,13-14H2,1-5H3,(H,27,30). The number of ether oxygens (including phenoxy) is 2. The van der Waals surface area contributed by atoms with E-state index in [0.717, 1.165) is 41.4 Å². The average molecular weight is 484 g/mol. The molecule has 0 aromatic heterocycles. The van der Waals surface area contributed by atoms with Gasteiger partial charge in [0.05, 0.1) is 29.8 Å². The molecular formula is C26H33N3O4S. The minimum Gasteiger partial charge on any atom is -0.456 e. The number of aliphatic imine (C=N–C) groups is 1. The number of aryl methyl sites for hydroxylation is 1. The van der Waals surface area contributed by atoms with Crippen LogP contribution in [0.25, 0.3) is 0 Å². The molecule has 3 aliphatic heterocycles. The van der Waals surface area contributed by atoms with Gasteiger partial charge in [-0.25, -0.2) is 9.79 Å². The number of hydrogen-bond donors (Lipinski definition) is 1. The summed E-state index contributed by atoms with van der Waals surface area (Å²) in [5.74, 6) is -0.463. The number of hydrogen-bond acceptors (Lipinski definition) is 7. The van der Waals surface area contributed by atoms with Crippen molar-refractivity contribution in [3.8, 4) is 0 Å². The van der Waals surface area contributed by atoms with Crippen LogP contribution in [0, 0.1) is 6.92 Å². The fraction of sp³-hybridized carbons (Fsp3) is 0.500. The van der Waals surface area contributed by atoms with Crippen molar-refractivity contribution in [3.05, 3.63) is 57.8 Å². The van der Waals surface area contributed by atoms with Gasteiger partial charge in [-0.05, 0) is 58.4 Å². The minimum atomic E-state index is -0.633. The number of allylic oxidation sites excluding steroid dienone is 1. The number of nitrogens with zero attached hydrogens (tertiary/aromatic N) is 2. The van der Waals surface area contributed by atoms with Gasteiger partial charge in [-0.1, -0.05) is 41.6 Å². The van der Waals surface area contributed by atoms with Crippen LogP contribution in [0.3, 0.4) is 0 Å². The summed E-state index contributed by atoms with van der Waals surface area (Å²) in [5, 5.41) is 5.72. The van der Waals surface area contributed by atoms with Gasteiger partial charge in [0, 0.05) is 18.8 Å². The number of carbonyl (C=O) groups is 2. The monoisotopic (exact) mass is 483 g/mol. The van der Waals surface area contributed by atoms with Crippen LogP contribution in [-0.2, 0) is 19.1 Å². The number of carbonyl (C=O) groups excluding carboxylic acids is 2. The molecule has 8 heteroatoms. The molecule has 3 aliphatic rings. The zero-order chi connectivity index (χ0) is 24.5. The first kappa shape index (κ1) is 24.5. The molecule has 1 aromatic rings. The fourth-order valence-corrected chi connectivity index (χ4v) is 5.34. The second-order valence-corrected chi connectivity index (χ2v) is 10.8. The van der Waals surface area contributed by atoms with Gasteiger partial charge in [-0.3, -0.25) is 4.79 Å². The number of benzene rings is 1. The summed E-state index contributed by atoms with van der Waals surface area (Å²) in [6.45, 7) is 10.7. The Morgan fingerprint density at radius 2 is 2.09 bits per heavy atom. The van der Waals surface area contributed by atoms with E-state index in [1.54, 1.807) is 0 Å². The third kappa shape index (κ3) is 5.55. The molecule has 0 bridgehead atoms. The van der Waals surface area contributed by atoms with Crippen molar-refractivity contribution in [2.24, 2.45) is 4.99 Å². The highest BCUT2D eigenvalue weighted by molar-refractivity contribution is 8.16. The quantitative estimate of drug-likeness (QED) is 0.596. The molecule has 2 atom stereocenters. The number of amidine groups is 1. The van der Waals surface area contributed by atoms with Crippen LogP contribution in [0.4, 0.5) is 0 Å². The lowest BCUT2D eigenvalue weighted by Gasteiger charge is -2.37. The van der Waals surface area contributed by atoms with Crippen molar-refractivity contribution in [2.75, 3.05) is 13.2 Å². The van der Waals surface area contributed by atoms with E-state index < -0.39 is 17.6 Å². The Bertz CT molecular complexity index is 1060. The molecule has 34 heavy (non-hydrogen) atoms. The maximum absolute atomic E-state index is 13.4. The molecule has 1 amide bonds. The summed E-state index contributed by atoms with van der Waals surface area (Å²) in [6.07, 6.45) is 2.29. The first-order chi connectivity index (χ1) is 16.1. The van der Waals surface area contributed by atoms with E-state index in [0.29, 0.717) is 17.8 Å². The molecule has 0 spiro atoms. The Hall–Kier alpha value is -2.58. The summed E-state index contributed by atoms with van der Waals surface area (Å²) >= 11 is 1.48. The SMILES string of the molecule is CC1=C(C(=O)OC(C)(C)C)C(c2cccc(C)c2)N2C(CC(=O)NCC3CCCO3)=CSC2=N1. The maximum Gasteiger partial charge on any atom is 0.338 e. The molecule has 1 aromatic carbocycles. The molecule has 7 nitrogen and oxygen atoms in total. The van der Waals surface area contributed by atoms with Gasteiger partial charge in [0.2, 0.25) is 5.91 Å². The summed E-state index contributed by atoms with van der Waals surface area (Å²) < 4.78 is 11.4. The Labute approximate surface area is 205 Å².